The van der Waals surface area contributed by atoms with Crippen molar-refractivity contribution in [1.82, 2.24) is 10.1 Å². The number of esters is 4. The highest BCUT2D eigenvalue weighted by molar-refractivity contribution is 5.83. The molecule has 0 aliphatic carbocycles. The van der Waals surface area contributed by atoms with Crippen molar-refractivity contribution in [3.63, 3.8) is 0 Å². The molecule has 16 nitrogen and oxygen atoms in total. The van der Waals surface area contributed by atoms with Gasteiger partial charge < -0.3 is 28.4 Å². The van der Waals surface area contributed by atoms with Crippen molar-refractivity contribution >= 4 is 48.0 Å². The van der Waals surface area contributed by atoms with Crippen LogP contribution in [0.2, 0.25) is 0 Å². The molecular formula is C26H34N4O12. The fourth-order valence-corrected chi connectivity index (χ4v) is 3.84. The van der Waals surface area contributed by atoms with E-state index in [4.69, 9.17) is 28.4 Å². The van der Waals surface area contributed by atoms with Crippen molar-refractivity contribution in [2.75, 3.05) is 24.9 Å². The van der Waals surface area contributed by atoms with Crippen LogP contribution in [-0.4, -0.2) is 96.6 Å². The molecule has 1 aromatic rings. The van der Waals surface area contributed by atoms with Gasteiger partial charge in [-0.3, -0.25) is 19.2 Å². The second-order valence-corrected chi connectivity index (χ2v) is 8.51. The highest BCUT2D eigenvalue weighted by Gasteiger charge is 2.51. The maximum atomic E-state index is 13.5. The predicted octanol–water partition coefficient (Wildman–Crippen LogP) is 1.97. The molecule has 0 saturated carbocycles. The Morgan fingerprint density at radius 3 is 1.86 bits per heavy atom. The highest BCUT2D eigenvalue weighted by atomic mass is 16.6. The summed E-state index contributed by atoms with van der Waals surface area (Å²) in [7, 11) is 0. The quantitative estimate of drug-likeness (QED) is 0.268. The lowest BCUT2D eigenvalue weighted by molar-refractivity contribution is -0.195. The van der Waals surface area contributed by atoms with Crippen molar-refractivity contribution in [2.45, 2.75) is 65.9 Å². The van der Waals surface area contributed by atoms with Crippen molar-refractivity contribution in [1.29, 1.82) is 0 Å². The first kappa shape index (κ1) is 33.3. The molecular weight excluding hydrogens is 560 g/mol. The second kappa shape index (κ2) is 15.8. The van der Waals surface area contributed by atoms with Crippen LogP contribution in [0.5, 0.6) is 0 Å². The number of carbonyl (C=O) groups is 6. The Balaban J connectivity index is 2.80. The monoisotopic (exact) mass is 594 g/mol. The topological polar surface area (TPSA) is 180 Å². The maximum absolute atomic E-state index is 13.5. The van der Waals surface area contributed by atoms with Crippen molar-refractivity contribution in [3.05, 3.63) is 30.3 Å². The minimum atomic E-state index is -1.70. The number of hydrazine groups is 2. The Morgan fingerprint density at radius 1 is 0.762 bits per heavy atom. The van der Waals surface area contributed by atoms with Gasteiger partial charge in [-0.05, 0) is 26.0 Å². The van der Waals surface area contributed by atoms with Crippen LogP contribution in [0.4, 0.5) is 15.3 Å². The number of hydrogen-bond acceptors (Lipinski definition) is 14. The molecule has 1 aliphatic heterocycles. The molecule has 0 saturated heterocycles. The highest BCUT2D eigenvalue weighted by Crippen LogP contribution is 2.29. The molecule has 0 spiro atoms. The van der Waals surface area contributed by atoms with E-state index in [2.05, 4.69) is 5.10 Å². The SMILES string of the molecule is CCOC(=O)N1[C@H]([C@@H](OC(C)=O)[C@@H](OC(C)=O)[C@@H](COC(C)=O)OC(C)=O)C=NN(c2ccccc2)N1C(=O)OCC. The average Bonchev–Trinajstić information content (AvgIpc) is 2.92. The van der Waals surface area contributed by atoms with E-state index in [1.54, 1.807) is 37.3 Å². The van der Waals surface area contributed by atoms with Crippen LogP contribution < -0.4 is 5.12 Å². The van der Waals surface area contributed by atoms with Gasteiger partial charge in [-0.25, -0.2) is 9.59 Å². The van der Waals surface area contributed by atoms with E-state index in [-0.39, 0.29) is 13.2 Å². The van der Waals surface area contributed by atoms with Crippen molar-refractivity contribution < 1.29 is 57.2 Å². The van der Waals surface area contributed by atoms with Gasteiger partial charge in [-0.1, -0.05) is 23.3 Å². The first-order valence-corrected chi connectivity index (χ1v) is 12.9. The fraction of sp³-hybridized carbons (Fsp3) is 0.500. The summed E-state index contributed by atoms with van der Waals surface area (Å²) < 4.78 is 31.7. The van der Waals surface area contributed by atoms with Gasteiger partial charge in [0.2, 0.25) is 0 Å². The van der Waals surface area contributed by atoms with E-state index in [0.717, 1.165) is 49.2 Å². The summed E-state index contributed by atoms with van der Waals surface area (Å²) in [6.07, 6.45) is -5.95. The lowest BCUT2D eigenvalue weighted by Gasteiger charge is -2.46. The molecule has 16 heteroatoms. The van der Waals surface area contributed by atoms with Gasteiger partial charge in [0, 0.05) is 27.7 Å². The van der Waals surface area contributed by atoms with Crippen LogP contribution in [0.3, 0.4) is 0 Å². The van der Waals surface area contributed by atoms with E-state index in [1.807, 2.05) is 0 Å². The zero-order valence-corrected chi connectivity index (χ0v) is 24.1. The molecule has 0 fully saturated rings. The molecule has 0 bridgehead atoms. The molecule has 1 heterocycles. The van der Waals surface area contributed by atoms with Crippen LogP contribution in [0.15, 0.2) is 35.4 Å². The third kappa shape index (κ3) is 9.07. The third-order valence-electron chi connectivity index (χ3n) is 5.27. The number of ether oxygens (including phenoxy) is 6. The molecule has 2 rings (SSSR count). The van der Waals surface area contributed by atoms with Gasteiger partial charge in [0.25, 0.3) is 0 Å². The number of hydrazone groups is 1. The molecule has 2 amide bonds. The van der Waals surface area contributed by atoms with Crippen LogP contribution >= 0.6 is 0 Å². The van der Waals surface area contributed by atoms with Crippen LogP contribution in [0, 0.1) is 0 Å². The molecule has 1 aliphatic rings. The molecule has 1 aromatic carbocycles. The Kier molecular flexibility index (Phi) is 12.5. The summed E-state index contributed by atoms with van der Waals surface area (Å²) in [5.41, 5.74) is 0.322. The number of anilines is 1. The molecule has 230 valence electrons. The number of para-hydroxylation sites is 1. The van der Waals surface area contributed by atoms with Gasteiger partial charge in [-0.15, -0.1) is 5.12 Å². The number of hydrogen-bond donors (Lipinski definition) is 0. The zero-order valence-electron chi connectivity index (χ0n) is 24.1. The summed E-state index contributed by atoms with van der Waals surface area (Å²) in [5.74, 6) is -3.41. The Hall–Kier alpha value is -4.89. The number of rotatable bonds is 11. The molecule has 0 radical (unpaired) electrons. The largest absolute Gasteiger partial charge is 0.462 e. The maximum Gasteiger partial charge on any atom is 0.450 e. The van der Waals surface area contributed by atoms with E-state index < -0.39 is 67.0 Å². The normalized spacial score (nSPS) is 16.4. The van der Waals surface area contributed by atoms with Crippen LogP contribution in [-0.2, 0) is 47.6 Å². The molecule has 0 N–H and O–H groups in total. The first-order valence-electron chi connectivity index (χ1n) is 12.9. The standard InChI is InChI=1S/C26H34N4O12/c1-7-37-25(35)28-21(14-27-29(20-12-10-9-11-13-20)30(28)26(36)38-8-2)23(41-18(5)33)24(42-19(6)34)22(40-17(4)32)15-39-16(3)31/h9-14,21-24H,7-8,15H2,1-6H3/t21-,22+,23+,24-/m0/s1. The Morgan fingerprint density at radius 2 is 1.33 bits per heavy atom. The fourth-order valence-electron chi connectivity index (χ4n) is 3.84. The average molecular weight is 595 g/mol. The first-order chi connectivity index (χ1) is 19.9. The lowest BCUT2D eigenvalue weighted by atomic mass is 10.00. The van der Waals surface area contributed by atoms with Crippen molar-refractivity contribution in [2.24, 2.45) is 5.10 Å². The van der Waals surface area contributed by atoms with E-state index in [9.17, 15) is 28.8 Å². The van der Waals surface area contributed by atoms with Crippen molar-refractivity contribution in [3.8, 4) is 0 Å². The molecule has 0 aromatic heterocycles. The van der Waals surface area contributed by atoms with Crippen LogP contribution in [0.25, 0.3) is 0 Å². The number of carbonyl (C=O) groups excluding carboxylic acids is 6. The third-order valence-corrected chi connectivity index (χ3v) is 5.27. The van der Waals surface area contributed by atoms with Gasteiger partial charge in [-0.2, -0.15) is 10.1 Å². The molecule has 0 unspecified atom stereocenters. The minimum Gasteiger partial charge on any atom is -0.462 e. The Bertz CT molecular complexity index is 1160. The minimum absolute atomic E-state index is 0.0939. The second-order valence-electron chi connectivity index (χ2n) is 8.51. The lowest BCUT2D eigenvalue weighted by Crippen LogP contribution is -2.69. The Labute approximate surface area is 241 Å². The van der Waals surface area contributed by atoms with Gasteiger partial charge in [0.15, 0.2) is 18.3 Å². The summed E-state index contributed by atoms with van der Waals surface area (Å²) in [4.78, 5) is 74.9. The molecule has 42 heavy (non-hydrogen) atoms. The summed E-state index contributed by atoms with van der Waals surface area (Å²) in [5, 5.41) is 6.81. The van der Waals surface area contributed by atoms with E-state index in [1.165, 1.54) is 6.92 Å². The summed E-state index contributed by atoms with van der Waals surface area (Å²) in [6, 6.07) is 6.69. The number of amides is 2. The number of nitrogens with zero attached hydrogens (tertiary/aromatic N) is 4. The predicted molar refractivity (Wildman–Crippen MR) is 142 cm³/mol. The van der Waals surface area contributed by atoms with Gasteiger partial charge >= 0.3 is 36.1 Å². The summed E-state index contributed by atoms with van der Waals surface area (Å²) in [6.45, 7) is 6.45. The van der Waals surface area contributed by atoms with E-state index >= 15 is 0 Å². The van der Waals surface area contributed by atoms with E-state index in [0.29, 0.717) is 5.69 Å². The summed E-state index contributed by atoms with van der Waals surface area (Å²) >= 11 is 0. The van der Waals surface area contributed by atoms with Crippen LogP contribution in [0.1, 0.15) is 41.5 Å². The van der Waals surface area contributed by atoms with Gasteiger partial charge in [0.05, 0.1) is 25.1 Å². The molecule has 4 atom stereocenters. The van der Waals surface area contributed by atoms with Gasteiger partial charge in [0.1, 0.15) is 12.6 Å². The smallest absolute Gasteiger partial charge is 0.450 e. The number of benzene rings is 1. The zero-order chi connectivity index (χ0) is 31.4.